The minimum absolute atomic E-state index is 0.0379. The minimum Gasteiger partial charge on any atom is -0.474 e. The van der Waals surface area contributed by atoms with E-state index in [9.17, 15) is 8.78 Å². The fourth-order valence-electron chi connectivity index (χ4n) is 1.56. The van der Waals surface area contributed by atoms with Crippen LogP contribution in [0.4, 0.5) is 8.78 Å². The molecule has 96 valence electrons. The SMILES string of the molecule is CC(C)Oc1ccn(Cc2ccc(F)cc2F)n1. The smallest absolute Gasteiger partial charge is 0.232 e. The van der Waals surface area contributed by atoms with Crippen LogP contribution in [0.2, 0.25) is 0 Å². The standard InChI is InChI=1S/C13H14F2N2O/c1-9(2)18-13-5-6-17(16-13)8-10-3-4-11(14)7-12(10)15/h3-7,9H,8H2,1-2H3. The third-order valence-electron chi connectivity index (χ3n) is 2.32. The van der Waals surface area contributed by atoms with Crippen molar-refractivity contribution in [1.29, 1.82) is 0 Å². The van der Waals surface area contributed by atoms with Crippen molar-refractivity contribution in [3.63, 3.8) is 0 Å². The molecule has 2 rings (SSSR count). The van der Waals surface area contributed by atoms with E-state index in [0.717, 1.165) is 6.07 Å². The van der Waals surface area contributed by atoms with Gasteiger partial charge in [0.15, 0.2) is 0 Å². The Balaban J connectivity index is 2.11. The number of nitrogens with zero attached hydrogens (tertiary/aromatic N) is 2. The topological polar surface area (TPSA) is 27.1 Å². The molecule has 5 heteroatoms. The quantitative estimate of drug-likeness (QED) is 0.836. The molecule has 0 aliphatic heterocycles. The molecule has 1 heterocycles. The van der Waals surface area contributed by atoms with E-state index in [1.165, 1.54) is 12.1 Å². The average molecular weight is 252 g/mol. The highest BCUT2D eigenvalue weighted by atomic mass is 19.1. The third-order valence-corrected chi connectivity index (χ3v) is 2.32. The summed E-state index contributed by atoms with van der Waals surface area (Å²) in [4.78, 5) is 0. The molecule has 0 saturated heterocycles. The number of ether oxygens (including phenoxy) is 1. The molecule has 0 aliphatic carbocycles. The van der Waals surface area contributed by atoms with Crippen LogP contribution < -0.4 is 4.74 Å². The summed E-state index contributed by atoms with van der Waals surface area (Å²) in [5, 5.41) is 4.14. The van der Waals surface area contributed by atoms with Crippen molar-refractivity contribution in [2.24, 2.45) is 0 Å². The van der Waals surface area contributed by atoms with Gasteiger partial charge < -0.3 is 4.74 Å². The van der Waals surface area contributed by atoms with E-state index in [-0.39, 0.29) is 12.6 Å². The number of hydrogen-bond acceptors (Lipinski definition) is 2. The van der Waals surface area contributed by atoms with E-state index in [1.807, 2.05) is 13.8 Å². The summed E-state index contributed by atoms with van der Waals surface area (Å²) < 4.78 is 33.1. The first-order valence-corrected chi connectivity index (χ1v) is 5.68. The van der Waals surface area contributed by atoms with Gasteiger partial charge in [-0.3, -0.25) is 4.68 Å². The van der Waals surface area contributed by atoms with Crippen molar-refractivity contribution in [2.75, 3.05) is 0 Å². The molecule has 1 aromatic carbocycles. The Morgan fingerprint density at radius 3 is 2.72 bits per heavy atom. The molecule has 3 nitrogen and oxygen atoms in total. The Hall–Kier alpha value is -1.91. The molecule has 0 unspecified atom stereocenters. The van der Waals surface area contributed by atoms with E-state index < -0.39 is 11.6 Å². The van der Waals surface area contributed by atoms with Gasteiger partial charge in [0, 0.05) is 23.9 Å². The van der Waals surface area contributed by atoms with E-state index in [2.05, 4.69) is 5.10 Å². The molecule has 0 spiro atoms. The van der Waals surface area contributed by atoms with E-state index in [4.69, 9.17) is 4.74 Å². The van der Waals surface area contributed by atoms with Crippen LogP contribution in [0.3, 0.4) is 0 Å². The molecule has 2 aromatic rings. The van der Waals surface area contributed by atoms with Gasteiger partial charge in [-0.15, -0.1) is 5.10 Å². The van der Waals surface area contributed by atoms with Gasteiger partial charge >= 0.3 is 0 Å². The number of halogens is 2. The van der Waals surface area contributed by atoms with E-state index >= 15 is 0 Å². The summed E-state index contributed by atoms with van der Waals surface area (Å²) in [5.41, 5.74) is 0.385. The average Bonchev–Trinajstić information content (AvgIpc) is 2.69. The van der Waals surface area contributed by atoms with Gasteiger partial charge in [0.1, 0.15) is 11.6 Å². The third kappa shape index (κ3) is 3.06. The lowest BCUT2D eigenvalue weighted by Gasteiger charge is -2.06. The molecular formula is C13H14F2N2O. The van der Waals surface area contributed by atoms with Crippen LogP contribution in [0.5, 0.6) is 5.88 Å². The zero-order chi connectivity index (χ0) is 13.1. The highest BCUT2D eigenvalue weighted by Crippen LogP contribution is 2.13. The fraction of sp³-hybridized carbons (Fsp3) is 0.308. The lowest BCUT2D eigenvalue weighted by atomic mass is 10.2. The summed E-state index contributed by atoms with van der Waals surface area (Å²) in [5.74, 6) is -0.662. The maximum Gasteiger partial charge on any atom is 0.232 e. The summed E-state index contributed by atoms with van der Waals surface area (Å²) in [6.07, 6.45) is 1.73. The molecule has 0 fully saturated rings. The van der Waals surface area contributed by atoms with Crippen molar-refractivity contribution in [1.82, 2.24) is 9.78 Å². The predicted octanol–water partition coefficient (Wildman–Crippen LogP) is 3.00. The van der Waals surface area contributed by atoms with Crippen LogP contribution >= 0.6 is 0 Å². The maximum absolute atomic E-state index is 13.4. The largest absolute Gasteiger partial charge is 0.474 e. The van der Waals surface area contributed by atoms with E-state index in [0.29, 0.717) is 11.4 Å². The van der Waals surface area contributed by atoms with Crippen molar-refractivity contribution in [2.45, 2.75) is 26.5 Å². The van der Waals surface area contributed by atoms with Crippen molar-refractivity contribution >= 4 is 0 Å². The van der Waals surface area contributed by atoms with Crippen molar-refractivity contribution in [3.8, 4) is 5.88 Å². The lowest BCUT2D eigenvalue weighted by Crippen LogP contribution is -2.07. The molecular weight excluding hydrogens is 238 g/mol. The molecule has 0 radical (unpaired) electrons. The Kier molecular flexibility index (Phi) is 3.60. The summed E-state index contributed by atoms with van der Waals surface area (Å²) in [6, 6.07) is 5.22. The molecule has 0 saturated carbocycles. The van der Waals surface area contributed by atoms with Gasteiger partial charge in [-0.05, 0) is 19.9 Å². The van der Waals surface area contributed by atoms with Crippen molar-refractivity contribution < 1.29 is 13.5 Å². The van der Waals surface area contributed by atoms with Gasteiger partial charge in [-0.25, -0.2) is 8.78 Å². The lowest BCUT2D eigenvalue weighted by molar-refractivity contribution is 0.230. The molecule has 0 N–H and O–H groups in total. The molecule has 0 bridgehead atoms. The Labute approximate surface area is 104 Å². The number of aromatic nitrogens is 2. The van der Waals surface area contributed by atoms with Crippen LogP contribution in [0, 0.1) is 11.6 Å². The summed E-state index contributed by atoms with van der Waals surface area (Å²) in [6.45, 7) is 4.05. The van der Waals surface area contributed by atoms with Crippen LogP contribution in [0.25, 0.3) is 0 Å². The second-order valence-corrected chi connectivity index (χ2v) is 4.25. The van der Waals surface area contributed by atoms with Crippen LogP contribution in [-0.2, 0) is 6.54 Å². The van der Waals surface area contributed by atoms with Gasteiger partial charge in [0.05, 0.1) is 12.6 Å². The first-order valence-electron chi connectivity index (χ1n) is 5.68. The minimum atomic E-state index is -0.583. The Morgan fingerprint density at radius 2 is 2.06 bits per heavy atom. The van der Waals surface area contributed by atoms with Gasteiger partial charge in [-0.1, -0.05) is 6.07 Å². The highest BCUT2D eigenvalue weighted by Gasteiger charge is 2.07. The second-order valence-electron chi connectivity index (χ2n) is 4.25. The number of rotatable bonds is 4. The molecule has 0 amide bonds. The van der Waals surface area contributed by atoms with E-state index in [1.54, 1.807) is 16.9 Å². The van der Waals surface area contributed by atoms with Crippen LogP contribution in [-0.4, -0.2) is 15.9 Å². The van der Waals surface area contributed by atoms with Gasteiger partial charge in [0.2, 0.25) is 5.88 Å². The predicted molar refractivity (Wildman–Crippen MR) is 63.5 cm³/mol. The monoisotopic (exact) mass is 252 g/mol. The second kappa shape index (κ2) is 5.16. The first kappa shape index (κ1) is 12.5. The van der Waals surface area contributed by atoms with Crippen molar-refractivity contribution in [3.05, 3.63) is 47.7 Å². The number of hydrogen-bond donors (Lipinski definition) is 0. The highest BCUT2D eigenvalue weighted by molar-refractivity contribution is 5.19. The summed E-state index contributed by atoms with van der Waals surface area (Å²) >= 11 is 0. The molecule has 0 atom stereocenters. The van der Waals surface area contributed by atoms with Crippen LogP contribution in [0.1, 0.15) is 19.4 Å². The zero-order valence-electron chi connectivity index (χ0n) is 10.2. The normalized spacial score (nSPS) is 10.9. The Morgan fingerprint density at radius 1 is 1.28 bits per heavy atom. The zero-order valence-corrected chi connectivity index (χ0v) is 10.2. The first-order chi connectivity index (χ1) is 8.54. The molecule has 0 aliphatic rings. The van der Waals surface area contributed by atoms with Gasteiger partial charge in [0.25, 0.3) is 0 Å². The molecule has 1 aromatic heterocycles. The summed E-state index contributed by atoms with van der Waals surface area (Å²) in [7, 11) is 0. The molecule has 18 heavy (non-hydrogen) atoms. The number of benzene rings is 1. The maximum atomic E-state index is 13.4. The Bertz CT molecular complexity index is 538. The van der Waals surface area contributed by atoms with Gasteiger partial charge in [-0.2, -0.15) is 0 Å². The fourth-order valence-corrected chi connectivity index (χ4v) is 1.56. The van der Waals surface area contributed by atoms with Crippen LogP contribution in [0.15, 0.2) is 30.5 Å².